The molecule has 2 heterocycles. The number of likely N-dealkylation sites (tertiary alicyclic amines) is 1. The Morgan fingerprint density at radius 1 is 1.34 bits per heavy atom. The summed E-state index contributed by atoms with van der Waals surface area (Å²) < 4.78 is 16.1. The summed E-state index contributed by atoms with van der Waals surface area (Å²) in [7, 11) is 0. The molecule has 3 amide bonds. The second-order valence-electron chi connectivity index (χ2n) is 8.41. The van der Waals surface area contributed by atoms with Crippen molar-refractivity contribution < 1.29 is 23.5 Å². The van der Waals surface area contributed by atoms with Gasteiger partial charge in [0, 0.05) is 25.7 Å². The van der Waals surface area contributed by atoms with Crippen LogP contribution < -0.4 is 10.6 Å². The molecule has 2 rings (SSSR count). The number of nitrogens with one attached hydrogen (secondary N) is 2. The number of amides is 3. The van der Waals surface area contributed by atoms with Crippen LogP contribution in [-0.2, 0) is 16.1 Å². The molecule has 1 saturated heterocycles. The third-order valence-corrected chi connectivity index (χ3v) is 4.70. The number of hydrogen-bond acceptors (Lipinski definition) is 5. The second kappa shape index (κ2) is 11.1. The van der Waals surface area contributed by atoms with E-state index in [4.69, 9.17) is 13.9 Å². The molecular weight excluding hydrogens is 374 g/mol. The molecule has 0 radical (unpaired) electrons. The lowest BCUT2D eigenvalue weighted by Crippen LogP contribution is -2.57. The quantitative estimate of drug-likeness (QED) is 0.639. The van der Waals surface area contributed by atoms with Crippen LogP contribution in [0.3, 0.4) is 0 Å². The lowest BCUT2D eigenvalue weighted by atomic mass is 9.97. The third kappa shape index (κ3) is 8.35. The van der Waals surface area contributed by atoms with E-state index in [1.165, 1.54) is 0 Å². The van der Waals surface area contributed by atoms with Gasteiger partial charge >= 0.3 is 12.1 Å². The summed E-state index contributed by atoms with van der Waals surface area (Å²) in [5.74, 6) is 0.789. The maximum atomic E-state index is 12.7. The zero-order chi connectivity index (χ0) is 21.3. The number of ether oxygens (including phenoxy) is 2. The van der Waals surface area contributed by atoms with Gasteiger partial charge in [0.1, 0.15) is 18.0 Å². The average Bonchev–Trinajstić information content (AvgIpc) is 3.16. The monoisotopic (exact) mass is 409 g/mol. The Balaban J connectivity index is 1.72. The van der Waals surface area contributed by atoms with Crippen molar-refractivity contribution in [3.05, 3.63) is 24.2 Å². The Bertz CT molecular complexity index is 627. The van der Waals surface area contributed by atoms with Crippen LogP contribution in [0.1, 0.15) is 59.1 Å². The SMILES string of the molecule is CC(NC(=O)OC(C)(C)C)C1CCCCN1C(=O)NCCCOCc1ccco1. The van der Waals surface area contributed by atoms with Gasteiger partial charge in [-0.05, 0) is 65.5 Å². The first kappa shape index (κ1) is 23.1. The van der Waals surface area contributed by atoms with Crippen molar-refractivity contribution in [3.8, 4) is 0 Å². The highest BCUT2D eigenvalue weighted by Gasteiger charge is 2.32. The summed E-state index contributed by atoms with van der Waals surface area (Å²) in [6, 6.07) is 3.36. The minimum atomic E-state index is -0.549. The van der Waals surface area contributed by atoms with Gasteiger partial charge in [-0.25, -0.2) is 9.59 Å². The van der Waals surface area contributed by atoms with E-state index in [2.05, 4.69) is 10.6 Å². The van der Waals surface area contributed by atoms with Gasteiger partial charge < -0.3 is 29.4 Å². The Hall–Kier alpha value is -2.22. The average molecular weight is 410 g/mol. The first-order valence-corrected chi connectivity index (χ1v) is 10.4. The predicted molar refractivity (Wildman–Crippen MR) is 110 cm³/mol. The number of piperidine rings is 1. The number of nitrogens with zero attached hydrogens (tertiary/aromatic N) is 1. The largest absolute Gasteiger partial charge is 0.467 e. The molecule has 0 bridgehead atoms. The molecule has 2 atom stereocenters. The van der Waals surface area contributed by atoms with Crippen molar-refractivity contribution in [2.24, 2.45) is 0 Å². The minimum Gasteiger partial charge on any atom is -0.467 e. The number of carbonyl (C=O) groups excluding carboxylic acids is 2. The van der Waals surface area contributed by atoms with Crippen LogP contribution in [0.25, 0.3) is 0 Å². The van der Waals surface area contributed by atoms with E-state index in [0.717, 1.165) is 31.4 Å². The van der Waals surface area contributed by atoms with Crippen molar-refractivity contribution in [3.63, 3.8) is 0 Å². The molecule has 0 spiro atoms. The van der Waals surface area contributed by atoms with Crippen molar-refractivity contribution in [1.82, 2.24) is 15.5 Å². The van der Waals surface area contributed by atoms with Gasteiger partial charge in [0.15, 0.2) is 0 Å². The van der Waals surface area contributed by atoms with E-state index in [9.17, 15) is 9.59 Å². The van der Waals surface area contributed by atoms with Crippen LogP contribution in [0, 0.1) is 0 Å². The topological polar surface area (TPSA) is 93.0 Å². The molecule has 29 heavy (non-hydrogen) atoms. The highest BCUT2D eigenvalue weighted by atomic mass is 16.6. The Labute approximate surface area is 173 Å². The van der Waals surface area contributed by atoms with E-state index in [-0.39, 0.29) is 18.1 Å². The summed E-state index contributed by atoms with van der Waals surface area (Å²) in [6.07, 6.45) is 4.75. The summed E-state index contributed by atoms with van der Waals surface area (Å²) in [5.41, 5.74) is -0.549. The minimum absolute atomic E-state index is 0.0496. The molecule has 2 N–H and O–H groups in total. The fourth-order valence-electron chi connectivity index (χ4n) is 3.36. The van der Waals surface area contributed by atoms with Crippen molar-refractivity contribution >= 4 is 12.1 Å². The van der Waals surface area contributed by atoms with E-state index in [1.54, 1.807) is 6.26 Å². The Morgan fingerprint density at radius 2 is 2.14 bits per heavy atom. The maximum absolute atomic E-state index is 12.7. The zero-order valence-corrected chi connectivity index (χ0v) is 18.0. The van der Waals surface area contributed by atoms with Gasteiger partial charge in [0.05, 0.1) is 12.3 Å². The summed E-state index contributed by atoms with van der Waals surface area (Å²) in [4.78, 5) is 26.6. The molecule has 1 aromatic rings. The maximum Gasteiger partial charge on any atom is 0.407 e. The molecule has 1 aromatic heterocycles. The number of urea groups is 1. The first-order valence-electron chi connectivity index (χ1n) is 10.4. The molecule has 0 saturated carbocycles. The lowest BCUT2D eigenvalue weighted by Gasteiger charge is -2.39. The van der Waals surface area contributed by atoms with Crippen LogP contribution in [-0.4, -0.2) is 54.4 Å². The summed E-state index contributed by atoms with van der Waals surface area (Å²) in [5, 5.41) is 5.84. The molecule has 0 aromatic carbocycles. The van der Waals surface area contributed by atoms with E-state index >= 15 is 0 Å². The molecular formula is C21H35N3O5. The Kier molecular flexibility index (Phi) is 8.82. The van der Waals surface area contributed by atoms with Gasteiger partial charge in [-0.2, -0.15) is 0 Å². The lowest BCUT2D eigenvalue weighted by molar-refractivity contribution is 0.0461. The molecule has 1 aliphatic rings. The first-order chi connectivity index (χ1) is 13.8. The number of alkyl carbamates (subject to hydrolysis) is 1. The van der Waals surface area contributed by atoms with Gasteiger partial charge in [-0.1, -0.05) is 0 Å². The Morgan fingerprint density at radius 3 is 2.83 bits per heavy atom. The summed E-state index contributed by atoms with van der Waals surface area (Å²) >= 11 is 0. The summed E-state index contributed by atoms with van der Waals surface area (Å²) in [6.45, 7) is 9.61. The molecule has 1 aliphatic heterocycles. The van der Waals surface area contributed by atoms with E-state index in [1.807, 2.05) is 44.7 Å². The molecule has 8 nitrogen and oxygen atoms in total. The normalized spacial score (nSPS) is 18.2. The highest BCUT2D eigenvalue weighted by Crippen LogP contribution is 2.20. The molecule has 2 unspecified atom stereocenters. The molecule has 1 fully saturated rings. The predicted octanol–water partition coefficient (Wildman–Crippen LogP) is 3.66. The van der Waals surface area contributed by atoms with Gasteiger partial charge in [0.25, 0.3) is 0 Å². The van der Waals surface area contributed by atoms with Crippen LogP contribution in [0.5, 0.6) is 0 Å². The van der Waals surface area contributed by atoms with Crippen LogP contribution in [0.4, 0.5) is 9.59 Å². The number of carbonyl (C=O) groups is 2. The van der Waals surface area contributed by atoms with Crippen molar-refractivity contribution in [1.29, 1.82) is 0 Å². The number of furan rings is 1. The highest BCUT2D eigenvalue weighted by molar-refractivity contribution is 5.75. The standard InChI is InChI=1S/C21H35N3O5/c1-16(23-20(26)29-21(2,3)4)18-10-5-6-12-24(18)19(25)22-11-8-13-27-15-17-9-7-14-28-17/h7,9,14,16,18H,5-6,8,10-13,15H2,1-4H3,(H,22,25)(H,23,26). The van der Waals surface area contributed by atoms with Crippen LogP contribution in [0.2, 0.25) is 0 Å². The molecule has 8 heteroatoms. The van der Waals surface area contributed by atoms with Crippen molar-refractivity contribution in [2.45, 2.75) is 77.7 Å². The zero-order valence-electron chi connectivity index (χ0n) is 18.0. The van der Waals surface area contributed by atoms with Gasteiger partial charge in [0.2, 0.25) is 0 Å². The molecule has 0 aliphatic carbocycles. The van der Waals surface area contributed by atoms with Crippen molar-refractivity contribution in [2.75, 3.05) is 19.7 Å². The van der Waals surface area contributed by atoms with Crippen LogP contribution >= 0.6 is 0 Å². The fraction of sp³-hybridized carbons (Fsp3) is 0.714. The smallest absolute Gasteiger partial charge is 0.407 e. The van der Waals surface area contributed by atoms with Crippen LogP contribution in [0.15, 0.2) is 22.8 Å². The van der Waals surface area contributed by atoms with E-state index in [0.29, 0.717) is 26.3 Å². The van der Waals surface area contributed by atoms with E-state index < -0.39 is 11.7 Å². The molecule has 164 valence electrons. The third-order valence-electron chi connectivity index (χ3n) is 4.70. The second-order valence-corrected chi connectivity index (χ2v) is 8.41. The number of rotatable bonds is 8. The number of hydrogen-bond donors (Lipinski definition) is 2. The van der Waals surface area contributed by atoms with Gasteiger partial charge in [-0.3, -0.25) is 0 Å². The fourth-order valence-corrected chi connectivity index (χ4v) is 3.36. The van der Waals surface area contributed by atoms with Gasteiger partial charge in [-0.15, -0.1) is 0 Å².